The second-order valence-electron chi connectivity index (χ2n) is 5.65. The highest BCUT2D eigenvalue weighted by molar-refractivity contribution is 7.99. The molecule has 3 rings (SSSR count). The van der Waals surface area contributed by atoms with E-state index in [1.165, 1.54) is 29.5 Å². The van der Waals surface area contributed by atoms with Crippen LogP contribution in [0.1, 0.15) is 5.56 Å². The Morgan fingerprint density at radius 1 is 1.24 bits per heavy atom. The van der Waals surface area contributed by atoms with E-state index < -0.39 is 6.10 Å². The molecule has 0 saturated heterocycles. The van der Waals surface area contributed by atoms with Gasteiger partial charge in [-0.05, 0) is 48.9 Å². The summed E-state index contributed by atoms with van der Waals surface area (Å²) in [6, 6.07) is 13.9. The van der Waals surface area contributed by atoms with Crippen molar-refractivity contribution in [3.8, 4) is 11.4 Å². The smallest absolute Gasteiger partial charge is 0.172 e. The topological polar surface area (TPSA) is 47.3 Å². The van der Waals surface area contributed by atoms with Crippen LogP contribution in [-0.4, -0.2) is 33.1 Å². The van der Waals surface area contributed by atoms with E-state index in [9.17, 15) is 9.50 Å². The Bertz CT molecular complexity index is 820. The van der Waals surface area contributed by atoms with E-state index in [-0.39, 0.29) is 12.4 Å². The molecule has 0 aliphatic rings. The van der Waals surface area contributed by atoms with Crippen molar-refractivity contribution in [3.05, 3.63) is 72.3 Å². The van der Waals surface area contributed by atoms with Crippen LogP contribution in [0.3, 0.4) is 0 Å². The number of thioether (sulfide) groups is 1. The fourth-order valence-electron chi connectivity index (χ4n) is 2.31. The third-order valence-electron chi connectivity index (χ3n) is 3.55. The van der Waals surface area contributed by atoms with Gasteiger partial charge in [-0.25, -0.2) is 9.37 Å². The van der Waals surface area contributed by atoms with Crippen LogP contribution in [0.2, 0.25) is 0 Å². The van der Waals surface area contributed by atoms with Crippen LogP contribution in [0.4, 0.5) is 4.39 Å². The highest BCUT2D eigenvalue weighted by atomic mass is 32.2. The maximum atomic E-state index is 12.8. The summed E-state index contributed by atoms with van der Waals surface area (Å²) in [6.45, 7) is 2.19. The number of nitrogens with zero attached hydrogens (tertiary/aromatic N) is 2. The molecule has 0 saturated carbocycles. The standard InChI is InChI=1S/C19H19FN2O2S/c1-14-3-2-4-16(11-14)22-10-9-21-19(22)25-13-17(23)12-24-18-7-5-15(20)6-8-18/h2-11,17,23H,12-13H2,1H3. The van der Waals surface area contributed by atoms with Crippen LogP contribution in [0, 0.1) is 12.7 Å². The van der Waals surface area contributed by atoms with E-state index in [0.29, 0.717) is 11.5 Å². The van der Waals surface area contributed by atoms with Crippen molar-refractivity contribution in [2.24, 2.45) is 0 Å². The van der Waals surface area contributed by atoms with E-state index in [1.807, 2.05) is 35.9 Å². The zero-order chi connectivity index (χ0) is 17.6. The highest BCUT2D eigenvalue weighted by Gasteiger charge is 2.11. The lowest BCUT2D eigenvalue weighted by atomic mass is 10.2. The zero-order valence-corrected chi connectivity index (χ0v) is 14.6. The fraction of sp³-hybridized carbons (Fsp3) is 0.211. The van der Waals surface area contributed by atoms with E-state index in [1.54, 1.807) is 18.3 Å². The first kappa shape index (κ1) is 17.5. The summed E-state index contributed by atoms with van der Waals surface area (Å²) in [7, 11) is 0. The van der Waals surface area contributed by atoms with E-state index in [4.69, 9.17) is 4.74 Å². The molecule has 2 aromatic carbocycles. The molecule has 1 unspecified atom stereocenters. The number of halogens is 1. The normalized spacial score (nSPS) is 12.1. The van der Waals surface area contributed by atoms with Gasteiger partial charge in [-0.15, -0.1) is 0 Å². The minimum atomic E-state index is -0.655. The van der Waals surface area contributed by atoms with Gasteiger partial charge in [0.25, 0.3) is 0 Å². The van der Waals surface area contributed by atoms with Gasteiger partial charge in [-0.1, -0.05) is 23.9 Å². The van der Waals surface area contributed by atoms with Crippen LogP contribution in [0.5, 0.6) is 5.75 Å². The van der Waals surface area contributed by atoms with Crippen LogP contribution < -0.4 is 4.74 Å². The highest BCUT2D eigenvalue weighted by Crippen LogP contribution is 2.22. The van der Waals surface area contributed by atoms with Crippen molar-refractivity contribution in [2.45, 2.75) is 18.2 Å². The Morgan fingerprint density at radius 2 is 2.04 bits per heavy atom. The molecule has 0 fully saturated rings. The third kappa shape index (κ3) is 4.84. The second-order valence-corrected chi connectivity index (χ2v) is 6.64. The molecule has 0 bridgehead atoms. The number of aliphatic hydroxyl groups excluding tert-OH is 1. The van der Waals surface area contributed by atoms with Gasteiger partial charge in [0.2, 0.25) is 0 Å². The van der Waals surface area contributed by atoms with Gasteiger partial charge in [-0.3, -0.25) is 4.57 Å². The molecule has 4 nitrogen and oxygen atoms in total. The molecule has 1 atom stereocenters. The fourth-order valence-corrected chi connectivity index (χ4v) is 3.19. The summed E-state index contributed by atoms with van der Waals surface area (Å²) < 4.78 is 20.3. The largest absolute Gasteiger partial charge is 0.491 e. The maximum Gasteiger partial charge on any atom is 0.172 e. The average molecular weight is 358 g/mol. The Morgan fingerprint density at radius 3 is 2.80 bits per heavy atom. The summed E-state index contributed by atoms with van der Waals surface area (Å²) in [6.07, 6.45) is 2.99. The molecular formula is C19H19FN2O2S. The van der Waals surface area contributed by atoms with E-state index in [2.05, 4.69) is 11.1 Å². The number of ether oxygens (including phenoxy) is 1. The molecular weight excluding hydrogens is 339 g/mol. The lowest BCUT2D eigenvalue weighted by molar-refractivity contribution is 0.126. The van der Waals surface area contributed by atoms with E-state index in [0.717, 1.165) is 10.8 Å². The van der Waals surface area contributed by atoms with Gasteiger partial charge in [0.05, 0.1) is 6.10 Å². The number of hydrogen-bond acceptors (Lipinski definition) is 4. The first-order valence-corrected chi connectivity index (χ1v) is 8.90. The average Bonchev–Trinajstić information content (AvgIpc) is 3.08. The number of imidazole rings is 1. The van der Waals surface area contributed by atoms with Crippen LogP contribution in [-0.2, 0) is 0 Å². The van der Waals surface area contributed by atoms with Crippen molar-refractivity contribution in [1.29, 1.82) is 0 Å². The molecule has 0 amide bonds. The van der Waals surface area contributed by atoms with Gasteiger partial charge in [0, 0.05) is 23.8 Å². The number of aryl methyl sites for hydroxylation is 1. The second kappa shape index (κ2) is 8.18. The molecule has 1 aromatic heterocycles. The predicted octanol–water partition coefficient (Wildman–Crippen LogP) is 3.85. The van der Waals surface area contributed by atoms with Gasteiger partial charge in [-0.2, -0.15) is 0 Å². The Hall–Kier alpha value is -2.31. The number of aliphatic hydroxyl groups is 1. The number of benzene rings is 2. The van der Waals surface area contributed by atoms with Gasteiger partial charge >= 0.3 is 0 Å². The van der Waals surface area contributed by atoms with Gasteiger partial charge in [0.15, 0.2) is 5.16 Å². The zero-order valence-electron chi connectivity index (χ0n) is 13.8. The lowest BCUT2D eigenvalue weighted by Gasteiger charge is -2.13. The Kier molecular flexibility index (Phi) is 5.73. The molecule has 6 heteroatoms. The Labute approximate surface area is 150 Å². The molecule has 0 spiro atoms. The SMILES string of the molecule is Cc1cccc(-n2ccnc2SCC(O)COc2ccc(F)cc2)c1. The summed E-state index contributed by atoms with van der Waals surface area (Å²) in [4.78, 5) is 4.35. The van der Waals surface area contributed by atoms with Crippen LogP contribution >= 0.6 is 11.8 Å². The van der Waals surface area contributed by atoms with Crippen molar-refractivity contribution in [1.82, 2.24) is 9.55 Å². The number of aromatic nitrogens is 2. The van der Waals surface area contributed by atoms with E-state index >= 15 is 0 Å². The molecule has 0 aliphatic carbocycles. The van der Waals surface area contributed by atoms with Crippen molar-refractivity contribution in [2.75, 3.05) is 12.4 Å². The predicted molar refractivity (Wildman–Crippen MR) is 96.9 cm³/mol. The summed E-state index contributed by atoms with van der Waals surface area (Å²) in [5, 5.41) is 10.9. The molecule has 1 N–H and O–H groups in total. The van der Waals surface area contributed by atoms with Gasteiger partial charge in [0.1, 0.15) is 18.2 Å². The quantitative estimate of drug-likeness (QED) is 0.652. The molecule has 0 aliphatic heterocycles. The van der Waals surface area contributed by atoms with Crippen LogP contribution in [0.25, 0.3) is 5.69 Å². The van der Waals surface area contributed by atoms with Crippen molar-refractivity contribution < 1.29 is 14.2 Å². The molecule has 3 aromatic rings. The number of rotatable bonds is 7. The summed E-state index contributed by atoms with van der Waals surface area (Å²) >= 11 is 1.46. The first-order valence-electron chi connectivity index (χ1n) is 7.91. The van der Waals surface area contributed by atoms with Gasteiger partial charge < -0.3 is 9.84 Å². The maximum absolute atomic E-state index is 12.8. The summed E-state index contributed by atoms with van der Waals surface area (Å²) in [5.41, 5.74) is 2.21. The molecule has 0 radical (unpaired) electrons. The molecule has 25 heavy (non-hydrogen) atoms. The van der Waals surface area contributed by atoms with Crippen molar-refractivity contribution in [3.63, 3.8) is 0 Å². The number of hydrogen-bond donors (Lipinski definition) is 1. The minimum Gasteiger partial charge on any atom is -0.491 e. The van der Waals surface area contributed by atoms with Crippen LogP contribution in [0.15, 0.2) is 66.1 Å². The molecule has 130 valence electrons. The molecule has 1 heterocycles. The Balaban J connectivity index is 1.55. The lowest BCUT2D eigenvalue weighted by Crippen LogP contribution is -2.20. The monoisotopic (exact) mass is 358 g/mol. The minimum absolute atomic E-state index is 0.143. The summed E-state index contributed by atoms with van der Waals surface area (Å²) in [5.74, 6) is 0.669. The first-order chi connectivity index (χ1) is 12.1. The van der Waals surface area contributed by atoms with Crippen molar-refractivity contribution >= 4 is 11.8 Å². The third-order valence-corrected chi connectivity index (χ3v) is 4.66.